The van der Waals surface area contributed by atoms with Crippen molar-refractivity contribution in [1.29, 1.82) is 0 Å². The fourth-order valence-electron chi connectivity index (χ4n) is 4.42. The van der Waals surface area contributed by atoms with E-state index >= 15 is 0 Å². The molecular weight excluding hydrogens is 540 g/mol. The van der Waals surface area contributed by atoms with Gasteiger partial charge in [-0.05, 0) is 19.9 Å². The number of alkyl halides is 2. The summed E-state index contributed by atoms with van der Waals surface area (Å²) in [4.78, 5) is 6.19. The largest absolute Gasteiger partial charge is 0.395 e. The molecule has 196 valence electrons. The van der Waals surface area contributed by atoms with Gasteiger partial charge in [0.15, 0.2) is 21.0 Å². The molecule has 0 unspecified atom stereocenters. The zero-order valence-electron chi connectivity index (χ0n) is 19.3. The van der Waals surface area contributed by atoms with Gasteiger partial charge in [-0.15, -0.1) is 10.2 Å². The van der Waals surface area contributed by atoms with Crippen molar-refractivity contribution in [2.24, 2.45) is 0 Å². The highest BCUT2D eigenvalue weighted by atomic mass is 35.5. The zero-order valence-corrected chi connectivity index (χ0v) is 21.7. The van der Waals surface area contributed by atoms with Crippen molar-refractivity contribution in [2.45, 2.75) is 42.8 Å². The van der Waals surface area contributed by atoms with Gasteiger partial charge in [0.1, 0.15) is 10.4 Å². The van der Waals surface area contributed by atoms with Crippen LogP contribution in [0.4, 0.5) is 14.5 Å². The van der Waals surface area contributed by atoms with E-state index in [0.717, 1.165) is 0 Å². The number of piperazine rings is 1. The summed E-state index contributed by atoms with van der Waals surface area (Å²) in [5.41, 5.74) is 0.116. The quantitative estimate of drug-likeness (QED) is 0.392. The van der Waals surface area contributed by atoms with E-state index in [1.165, 1.54) is 16.7 Å². The maximum absolute atomic E-state index is 13.4. The highest BCUT2D eigenvalue weighted by Crippen LogP contribution is 2.37. The van der Waals surface area contributed by atoms with Crippen LogP contribution in [0.15, 0.2) is 17.2 Å². The number of aliphatic hydroxyl groups is 1. The van der Waals surface area contributed by atoms with Crippen molar-refractivity contribution in [3.8, 4) is 10.8 Å². The number of ether oxygens (including phenoxy) is 1. The highest BCUT2D eigenvalue weighted by molar-refractivity contribution is 7.89. The van der Waals surface area contributed by atoms with Crippen LogP contribution in [0.2, 0.25) is 5.15 Å². The molecule has 0 radical (unpaired) electrons. The molecule has 16 heteroatoms. The standard InChI is InChI=1S/C20H24ClF2N7O4S2/c1-10-4-29(5-11(7-31)24-10)13-3-12(36(32,33)28-20(2)8-34-9-20)6-30-14(13)15(21)25-17(30)19-27-26-18(35-19)16(22)23/h3,6,10-11,16,24,28,31H,4-5,7-9H2,1-2H3/t10-,11+/m0/s1. The highest BCUT2D eigenvalue weighted by Gasteiger charge is 2.39. The second-order valence-electron chi connectivity index (χ2n) is 9.26. The molecule has 36 heavy (non-hydrogen) atoms. The summed E-state index contributed by atoms with van der Waals surface area (Å²) in [5.74, 6) is 0.0952. The van der Waals surface area contributed by atoms with Gasteiger partial charge in [-0.2, -0.15) is 0 Å². The van der Waals surface area contributed by atoms with E-state index in [-0.39, 0.29) is 52.8 Å². The lowest BCUT2D eigenvalue weighted by molar-refractivity contribution is -0.0523. The van der Waals surface area contributed by atoms with Crippen LogP contribution in [-0.4, -0.2) is 83.6 Å². The van der Waals surface area contributed by atoms with Crippen molar-refractivity contribution in [3.05, 3.63) is 22.4 Å². The average Bonchev–Trinajstić information content (AvgIpc) is 3.42. The molecule has 0 bridgehead atoms. The molecule has 5 rings (SSSR count). The first-order valence-electron chi connectivity index (χ1n) is 11.1. The predicted molar refractivity (Wildman–Crippen MR) is 129 cm³/mol. The Hall–Kier alpha value is -2.01. The van der Waals surface area contributed by atoms with Crippen molar-refractivity contribution in [3.63, 3.8) is 0 Å². The molecule has 3 aromatic rings. The number of fused-ring (bicyclic) bond motifs is 1. The second kappa shape index (κ2) is 9.38. The number of rotatable bonds is 7. The van der Waals surface area contributed by atoms with Crippen LogP contribution in [0, 0.1) is 0 Å². The number of nitrogens with zero attached hydrogens (tertiary/aromatic N) is 5. The van der Waals surface area contributed by atoms with Crippen LogP contribution in [0.25, 0.3) is 16.3 Å². The molecule has 0 aliphatic carbocycles. The minimum atomic E-state index is -4.03. The van der Waals surface area contributed by atoms with Crippen molar-refractivity contribution < 1.29 is 27.0 Å². The maximum atomic E-state index is 13.4. The van der Waals surface area contributed by atoms with Gasteiger partial charge in [-0.1, -0.05) is 22.9 Å². The first-order valence-corrected chi connectivity index (χ1v) is 13.7. The van der Waals surface area contributed by atoms with E-state index in [1.807, 2.05) is 11.8 Å². The lowest BCUT2D eigenvalue weighted by Gasteiger charge is -2.39. The normalized spacial score (nSPS) is 22.4. The molecule has 3 aromatic heterocycles. The van der Waals surface area contributed by atoms with E-state index in [4.69, 9.17) is 16.3 Å². The third-order valence-electron chi connectivity index (χ3n) is 6.01. The first kappa shape index (κ1) is 25.6. The average molecular weight is 564 g/mol. The van der Waals surface area contributed by atoms with Crippen molar-refractivity contribution >= 4 is 44.2 Å². The summed E-state index contributed by atoms with van der Waals surface area (Å²) in [7, 11) is -4.03. The van der Waals surface area contributed by atoms with Crippen LogP contribution in [-0.2, 0) is 14.8 Å². The number of pyridine rings is 1. The summed E-state index contributed by atoms with van der Waals surface area (Å²) in [6, 6.07) is 1.24. The predicted octanol–water partition coefficient (Wildman–Crippen LogP) is 1.67. The number of anilines is 1. The molecule has 11 nitrogen and oxygen atoms in total. The van der Waals surface area contributed by atoms with Crippen LogP contribution in [0.5, 0.6) is 0 Å². The molecule has 2 atom stereocenters. The molecule has 3 N–H and O–H groups in total. The van der Waals surface area contributed by atoms with Crippen LogP contribution in [0.1, 0.15) is 25.3 Å². The van der Waals surface area contributed by atoms with Gasteiger partial charge >= 0.3 is 0 Å². The van der Waals surface area contributed by atoms with Gasteiger partial charge in [0.25, 0.3) is 6.43 Å². The number of sulfonamides is 1. The topological polar surface area (TPSA) is 134 Å². The molecule has 2 fully saturated rings. The molecule has 2 saturated heterocycles. The van der Waals surface area contributed by atoms with E-state index in [0.29, 0.717) is 35.6 Å². The summed E-state index contributed by atoms with van der Waals surface area (Å²) < 4.78 is 62.5. The second-order valence-corrected chi connectivity index (χ2v) is 12.3. The first-order chi connectivity index (χ1) is 17.0. The van der Waals surface area contributed by atoms with Gasteiger partial charge in [-0.3, -0.25) is 4.40 Å². The lowest BCUT2D eigenvalue weighted by atomic mass is 10.0. The van der Waals surface area contributed by atoms with E-state index in [9.17, 15) is 22.3 Å². The van der Waals surface area contributed by atoms with Gasteiger partial charge < -0.3 is 20.1 Å². The fraction of sp³-hybridized carbons (Fsp3) is 0.550. The van der Waals surface area contributed by atoms with E-state index in [2.05, 4.69) is 25.2 Å². The van der Waals surface area contributed by atoms with Crippen LogP contribution >= 0.6 is 22.9 Å². The molecular formula is C20H24ClF2N7O4S2. The number of nitrogens with one attached hydrogen (secondary N) is 2. The third-order valence-corrected chi connectivity index (χ3v) is 8.81. The number of aliphatic hydroxyl groups excluding tert-OH is 1. The number of aromatic nitrogens is 4. The van der Waals surface area contributed by atoms with Crippen LogP contribution < -0.4 is 14.9 Å². The molecule has 5 heterocycles. The Morgan fingerprint density at radius 2 is 2.14 bits per heavy atom. The summed E-state index contributed by atoms with van der Waals surface area (Å²) in [6.07, 6.45) is -1.46. The molecule has 2 aliphatic heterocycles. The SMILES string of the molecule is C[C@H]1CN(c2cc(S(=O)(=O)NC3(C)COC3)cn3c(-c4nnc(C(F)F)s4)nc(Cl)c23)C[C@H](CO)N1. The Morgan fingerprint density at radius 1 is 1.39 bits per heavy atom. The third kappa shape index (κ3) is 4.68. The smallest absolute Gasteiger partial charge is 0.291 e. The molecule has 0 amide bonds. The zero-order chi connectivity index (χ0) is 25.8. The van der Waals surface area contributed by atoms with Crippen molar-refractivity contribution in [1.82, 2.24) is 29.6 Å². The maximum Gasteiger partial charge on any atom is 0.291 e. The van der Waals surface area contributed by atoms with Crippen molar-refractivity contribution in [2.75, 3.05) is 37.8 Å². The number of hydrogen-bond donors (Lipinski definition) is 3. The Labute approximate surface area is 214 Å². The molecule has 0 spiro atoms. The minimum absolute atomic E-state index is 0.0155. The Bertz CT molecular complexity index is 1400. The summed E-state index contributed by atoms with van der Waals surface area (Å²) in [5, 5.41) is 20.0. The van der Waals surface area contributed by atoms with Gasteiger partial charge in [0.2, 0.25) is 10.0 Å². The number of halogens is 3. The van der Waals surface area contributed by atoms with Crippen LogP contribution in [0.3, 0.4) is 0 Å². The van der Waals surface area contributed by atoms with Gasteiger partial charge in [0, 0.05) is 31.4 Å². The monoisotopic (exact) mass is 563 g/mol. The molecule has 2 aliphatic rings. The fourth-order valence-corrected chi connectivity index (χ4v) is 6.77. The van der Waals surface area contributed by atoms with Gasteiger partial charge in [-0.25, -0.2) is 26.9 Å². The number of imidazole rings is 1. The molecule has 0 aromatic carbocycles. The number of hydrogen-bond acceptors (Lipinski definition) is 10. The molecule has 0 saturated carbocycles. The summed E-state index contributed by atoms with van der Waals surface area (Å²) in [6.45, 7) is 4.92. The van der Waals surface area contributed by atoms with Gasteiger partial charge in [0.05, 0.1) is 31.0 Å². The Morgan fingerprint density at radius 3 is 2.75 bits per heavy atom. The van der Waals surface area contributed by atoms with E-state index in [1.54, 1.807) is 6.92 Å². The minimum Gasteiger partial charge on any atom is -0.395 e. The lowest BCUT2D eigenvalue weighted by Crippen LogP contribution is -2.59. The Balaban J connectivity index is 1.69. The Kier molecular flexibility index (Phi) is 6.68. The summed E-state index contributed by atoms with van der Waals surface area (Å²) >= 11 is 7.19. The van der Waals surface area contributed by atoms with E-state index < -0.39 is 27.0 Å².